The van der Waals surface area contributed by atoms with Gasteiger partial charge in [-0.2, -0.15) is 0 Å². The minimum atomic E-state index is -0.700. The summed E-state index contributed by atoms with van der Waals surface area (Å²) >= 11 is 0. The molecular formula is C23H27N3O4. The van der Waals surface area contributed by atoms with Gasteiger partial charge in [-0.15, -0.1) is 5.48 Å². The Hall–Kier alpha value is -3.06. The summed E-state index contributed by atoms with van der Waals surface area (Å²) in [6.07, 6.45) is 3.53. The van der Waals surface area contributed by atoms with Crippen molar-refractivity contribution in [3.8, 4) is 11.5 Å². The summed E-state index contributed by atoms with van der Waals surface area (Å²) in [5, 5.41) is 0. The zero-order chi connectivity index (χ0) is 21.0. The topological polar surface area (TPSA) is 72.4 Å². The van der Waals surface area contributed by atoms with E-state index in [-0.39, 0.29) is 11.8 Å². The predicted molar refractivity (Wildman–Crippen MR) is 113 cm³/mol. The first-order chi connectivity index (χ1) is 14.7. The Balaban J connectivity index is 1.48. The fourth-order valence-electron chi connectivity index (χ4n) is 4.31. The molecule has 0 bridgehead atoms. The van der Waals surface area contributed by atoms with E-state index in [0.29, 0.717) is 31.0 Å². The number of piperidine rings is 1. The molecule has 2 aliphatic heterocycles. The number of aliphatic imine (C=N–C) groups is 1. The zero-order valence-electron chi connectivity index (χ0n) is 17.3. The van der Waals surface area contributed by atoms with Crippen LogP contribution < -0.4 is 15.0 Å². The fourth-order valence-corrected chi connectivity index (χ4v) is 4.31. The Bertz CT molecular complexity index is 910. The molecule has 2 aromatic rings. The van der Waals surface area contributed by atoms with Crippen LogP contribution in [0.1, 0.15) is 24.0 Å². The van der Waals surface area contributed by atoms with E-state index in [2.05, 4.69) is 10.5 Å². The third kappa shape index (κ3) is 3.85. The summed E-state index contributed by atoms with van der Waals surface area (Å²) in [7, 11) is 3.23. The molecule has 1 saturated heterocycles. The molecule has 1 amide bonds. The van der Waals surface area contributed by atoms with Crippen molar-refractivity contribution in [1.29, 1.82) is 0 Å². The number of methoxy groups -OCH3 is 2. The molecule has 2 heterocycles. The molecule has 7 heteroatoms. The highest BCUT2D eigenvalue weighted by Gasteiger charge is 2.45. The molecule has 0 spiro atoms. The lowest BCUT2D eigenvalue weighted by atomic mass is 9.80. The summed E-state index contributed by atoms with van der Waals surface area (Å²) in [6.45, 7) is 1.39. The van der Waals surface area contributed by atoms with Crippen molar-refractivity contribution in [2.45, 2.75) is 24.9 Å². The van der Waals surface area contributed by atoms with Crippen molar-refractivity contribution in [2.75, 3.05) is 27.3 Å². The van der Waals surface area contributed by atoms with Crippen LogP contribution >= 0.6 is 0 Å². The Labute approximate surface area is 176 Å². The summed E-state index contributed by atoms with van der Waals surface area (Å²) in [5.74, 6) is 1.66. The molecule has 30 heavy (non-hydrogen) atoms. The first-order valence-electron chi connectivity index (χ1n) is 10.2. The molecule has 158 valence electrons. The lowest BCUT2D eigenvalue weighted by Gasteiger charge is -2.40. The summed E-state index contributed by atoms with van der Waals surface area (Å²) in [5.41, 5.74) is 4.40. The third-order valence-electron chi connectivity index (χ3n) is 5.98. The number of carbonyl (C=O) groups excluding carboxylic acids is 1. The van der Waals surface area contributed by atoms with E-state index < -0.39 is 5.66 Å². The van der Waals surface area contributed by atoms with Gasteiger partial charge in [0.1, 0.15) is 0 Å². The number of amides is 1. The minimum absolute atomic E-state index is 0.166. The van der Waals surface area contributed by atoms with Gasteiger partial charge < -0.3 is 19.2 Å². The quantitative estimate of drug-likeness (QED) is 0.794. The molecule has 4 rings (SSSR count). The van der Waals surface area contributed by atoms with Gasteiger partial charge >= 0.3 is 0 Å². The first kappa shape index (κ1) is 20.2. The standard InChI is InChI=1S/C23H27N3O4/c1-28-20-9-8-19(15-21(20)29-2)23(24-16-30-25-23)18-10-12-26(13-11-18)22(27)14-17-6-4-3-5-7-17/h3-9,15-16,18,25H,10-14H2,1-2H3. The van der Waals surface area contributed by atoms with E-state index in [1.165, 1.54) is 6.40 Å². The second-order valence-corrected chi connectivity index (χ2v) is 7.61. The van der Waals surface area contributed by atoms with E-state index in [1.54, 1.807) is 14.2 Å². The lowest BCUT2D eigenvalue weighted by Crippen LogP contribution is -2.49. The largest absolute Gasteiger partial charge is 0.493 e. The zero-order valence-corrected chi connectivity index (χ0v) is 17.3. The number of likely N-dealkylation sites (tertiary alicyclic amines) is 1. The van der Waals surface area contributed by atoms with Crippen molar-refractivity contribution < 1.29 is 19.1 Å². The van der Waals surface area contributed by atoms with Gasteiger partial charge in [0.2, 0.25) is 5.91 Å². The Morgan fingerprint density at radius 1 is 1.13 bits per heavy atom. The number of hydroxylamine groups is 1. The van der Waals surface area contributed by atoms with Crippen LogP contribution in [-0.4, -0.2) is 44.5 Å². The SMILES string of the molecule is COc1ccc(C2(C3CCN(C(=O)Cc4ccccc4)CC3)N=CON2)cc1OC. The van der Waals surface area contributed by atoms with Crippen LogP contribution in [-0.2, 0) is 21.7 Å². The number of rotatable bonds is 6. The minimum Gasteiger partial charge on any atom is -0.493 e. The Kier molecular flexibility index (Phi) is 5.90. The molecule has 1 fully saturated rings. The van der Waals surface area contributed by atoms with Crippen molar-refractivity contribution in [3.05, 3.63) is 59.7 Å². The Morgan fingerprint density at radius 2 is 1.87 bits per heavy atom. The average Bonchev–Trinajstić information content (AvgIpc) is 3.30. The molecule has 1 N–H and O–H groups in total. The highest BCUT2D eigenvalue weighted by molar-refractivity contribution is 5.78. The number of nitrogens with zero attached hydrogens (tertiary/aromatic N) is 2. The van der Waals surface area contributed by atoms with Crippen molar-refractivity contribution in [1.82, 2.24) is 10.4 Å². The van der Waals surface area contributed by atoms with E-state index >= 15 is 0 Å². The van der Waals surface area contributed by atoms with E-state index in [9.17, 15) is 4.79 Å². The van der Waals surface area contributed by atoms with Crippen LogP contribution in [0, 0.1) is 5.92 Å². The number of nitrogens with one attached hydrogen (secondary N) is 1. The van der Waals surface area contributed by atoms with Gasteiger partial charge in [-0.25, -0.2) is 4.99 Å². The number of ether oxygens (including phenoxy) is 2. The van der Waals surface area contributed by atoms with Gasteiger partial charge in [-0.3, -0.25) is 4.79 Å². The molecule has 2 aliphatic rings. The molecule has 1 atom stereocenters. The maximum Gasteiger partial charge on any atom is 0.226 e. The number of hydrogen-bond donors (Lipinski definition) is 1. The van der Waals surface area contributed by atoms with Crippen LogP contribution in [0.15, 0.2) is 53.5 Å². The highest BCUT2D eigenvalue weighted by Crippen LogP contribution is 2.42. The number of carbonyl (C=O) groups is 1. The van der Waals surface area contributed by atoms with Gasteiger partial charge in [0.25, 0.3) is 0 Å². The molecule has 0 aliphatic carbocycles. The molecular weight excluding hydrogens is 382 g/mol. The number of hydrogen-bond acceptors (Lipinski definition) is 6. The smallest absolute Gasteiger partial charge is 0.226 e. The fraction of sp³-hybridized carbons (Fsp3) is 0.391. The van der Waals surface area contributed by atoms with Crippen LogP contribution in [0.4, 0.5) is 0 Å². The molecule has 0 saturated carbocycles. The van der Waals surface area contributed by atoms with Crippen LogP contribution in [0.2, 0.25) is 0 Å². The monoisotopic (exact) mass is 409 g/mol. The van der Waals surface area contributed by atoms with Gasteiger partial charge in [0, 0.05) is 24.6 Å². The molecule has 0 radical (unpaired) electrons. The Morgan fingerprint density at radius 3 is 2.50 bits per heavy atom. The second kappa shape index (κ2) is 8.75. The molecule has 0 aromatic heterocycles. The molecule has 2 aromatic carbocycles. The van der Waals surface area contributed by atoms with Crippen LogP contribution in [0.3, 0.4) is 0 Å². The van der Waals surface area contributed by atoms with Crippen molar-refractivity contribution >= 4 is 12.3 Å². The highest BCUT2D eigenvalue weighted by atomic mass is 16.7. The summed E-state index contributed by atoms with van der Waals surface area (Å²) < 4.78 is 10.8. The summed E-state index contributed by atoms with van der Waals surface area (Å²) in [4.78, 5) is 24.7. The van der Waals surface area contributed by atoms with Gasteiger partial charge in [-0.1, -0.05) is 36.4 Å². The van der Waals surface area contributed by atoms with Gasteiger partial charge in [-0.05, 0) is 30.5 Å². The van der Waals surface area contributed by atoms with Crippen molar-refractivity contribution in [3.63, 3.8) is 0 Å². The normalized spacial score (nSPS) is 21.3. The van der Waals surface area contributed by atoms with Gasteiger partial charge in [0.05, 0.1) is 20.6 Å². The third-order valence-corrected chi connectivity index (χ3v) is 5.98. The lowest BCUT2D eigenvalue weighted by molar-refractivity contribution is -0.132. The summed E-state index contributed by atoms with van der Waals surface area (Å²) in [6, 6.07) is 15.7. The van der Waals surface area contributed by atoms with Crippen LogP contribution in [0.5, 0.6) is 11.5 Å². The number of benzene rings is 2. The van der Waals surface area contributed by atoms with E-state index in [1.807, 2.05) is 53.4 Å². The van der Waals surface area contributed by atoms with Gasteiger partial charge in [0.15, 0.2) is 23.6 Å². The first-order valence-corrected chi connectivity index (χ1v) is 10.2. The average molecular weight is 409 g/mol. The predicted octanol–water partition coefficient (Wildman–Crippen LogP) is 2.90. The van der Waals surface area contributed by atoms with Crippen LogP contribution in [0.25, 0.3) is 0 Å². The maximum atomic E-state index is 12.7. The molecule has 7 nitrogen and oxygen atoms in total. The van der Waals surface area contributed by atoms with E-state index in [4.69, 9.17) is 14.3 Å². The van der Waals surface area contributed by atoms with Crippen molar-refractivity contribution in [2.24, 2.45) is 10.9 Å². The second-order valence-electron chi connectivity index (χ2n) is 7.61. The molecule has 1 unspecified atom stereocenters. The maximum absolute atomic E-state index is 12.7. The van der Waals surface area contributed by atoms with E-state index in [0.717, 1.165) is 24.0 Å².